The Morgan fingerprint density at radius 3 is 2.32 bits per heavy atom. The van der Waals surface area contributed by atoms with Gasteiger partial charge in [0.25, 0.3) is 10.2 Å². The fourth-order valence-electron chi connectivity index (χ4n) is 7.74. The van der Waals surface area contributed by atoms with Gasteiger partial charge in [-0.05, 0) is 70.9 Å². The molecule has 2 saturated carbocycles. The number of nitrogens with zero attached hydrogens (tertiary/aromatic N) is 6. The minimum atomic E-state index is -3.42. The first-order chi connectivity index (χ1) is 18.2. The molecule has 0 aromatic carbocycles. The molecule has 210 valence electrons. The molecule has 6 aliphatic rings. The van der Waals surface area contributed by atoms with Crippen molar-refractivity contribution in [1.82, 2.24) is 18.4 Å². The highest BCUT2D eigenvalue weighted by Gasteiger charge is 2.62. The number of likely N-dealkylation sites (tertiary alicyclic amines) is 1. The number of rotatable bonds is 6. The molecule has 2 unspecified atom stereocenters. The van der Waals surface area contributed by atoms with Gasteiger partial charge in [-0.3, -0.25) is 14.7 Å². The summed E-state index contributed by atoms with van der Waals surface area (Å²) in [5.41, 5.74) is 6.29. The van der Waals surface area contributed by atoms with Crippen LogP contribution in [0.4, 0.5) is 0 Å². The van der Waals surface area contributed by atoms with E-state index in [1.807, 2.05) is 11.1 Å². The van der Waals surface area contributed by atoms with E-state index in [9.17, 15) is 13.2 Å². The van der Waals surface area contributed by atoms with Gasteiger partial charge in [0.15, 0.2) is 0 Å². The molecule has 2 N–H and O–H groups in total. The first-order valence-corrected chi connectivity index (χ1v) is 15.9. The SMILES string of the molecule is CC1CCCC1N1C(=O)C2(CC2)C(C=NC2CCN(S(=O)(=O)N3CC4(CCCN(C)C4)C3)CC2)=C1/N=C/N. The van der Waals surface area contributed by atoms with E-state index in [4.69, 9.17) is 10.7 Å². The molecule has 4 heterocycles. The maximum Gasteiger partial charge on any atom is 0.282 e. The molecule has 10 nitrogen and oxygen atoms in total. The van der Waals surface area contributed by atoms with Crippen molar-refractivity contribution in [3.05, 3.63) is 11.4 Å². The molecule has 5 fully saturated rings. The molecule has 2 aliphatic carbocycles. The lowest BCUT2D eigenvalue weighted by Gasteiger charge is -2.54. The zero-order valence-corrected chi connectivity index (χ0v) is 23.7. The van der Waals surface area contributed by atoms with Gasteiger partial charge in [0.2, 0.25) is 5.91 Å². The maximum absolute atomic E-state index is 13.6. The lowest BCUT2D eigenvalue weighted by molar-refractivity contribution is -0.134. The van der Waals surface area contributed by atoms with Crippen molar-refractivity contribution in [3.8, 4) is 0 Å². The van der Waals surface area contributed by atoms with Gasteiger partial charge in [0.1, 0.15) is 5.82 Å². The monoisotopic (exact) mass is 545 g/mol. The zero-order valence-electron chi connectivity index (χ0n) is 22.9. The van der Waals surface area contributed by atoms with Gasteiger partial charge in [-0.15, -0.1) is 0 Å². The van der Waals surface area contributed by atoms with E-state index in [-0.39, 0.29) is 23.4 Å². The van der Waals surface area contributed by atoms with Crippen molar-refractivity contribution in [1.29, 1.82) is 0 Å². The van der Waals surface area contributed by atoms with Crippen molar-refractivity contribution >= 4 is 28.7 Å². The van der Waals surface area contributed by atoms with Crippen LogP contribution < -0.4 is 5.73 Å². The van der Waals surface area contributed by atoms with Gasteiger partial charge in [0.05, 0.1) is 17.8 Å². The fourth-order valence-corrected chi connectivity index (χ4v) is 9.61. The Labute approximate surface area is 227 Å². The topological polar surface area (TPSA) is 115 Å². The number of carbonyl (C=O) groups excluding carboxylic acids is 1. The lowest BCUT2D eigenvalue weighted by atomic mass is 9.75. The molecular weight excluding hydrogens is 502 g/mol. The van der Waals surface area contributed by atoms with Crippen molar-refractivity contribution in [2.75, 3.05) is 46.3 Å². The van der Waals surface area contributed by atoms with E-state index in [0.717, 1.165) is 63.6 Å². The van der Waals surface area contributed by atoms with Crippen molar-refractivity contribution < 1.29 is 13.2 Å². The third kappa shape index (κ3) is 4.33. The highest BCUT2D eigenvalue weighted by molar-refractivity contribution is 7.86. The Balaban J connectivity index is 1.11. The number of carbonyl (C=O) groups is 1. The van der Waals surface area contributed by atoms with Crippen LogP contribution in [-0.4, -0.2) is 104 Å². The standard InChI is InChI=1S/C27H43N7O3S/c1-20-5-3-6-23(20)34-24(30-19-28)22(27(10-11-27)25(34)35)15-29-21-7-13-32(14-8-21)38(36,37)33-17-26(18-33)9-4-12-31(2)16-26/h15,19-21,23H,3-14,16-18H2,1-2H3,(H2,28,30). The van der Waals surface area contributed by atoms with Crippen LogP contribution >= 0.6 is 0 Å². The van der Waals surface area contributed by atoms with Crippen molar-refractivity contribution in [2.45, 2.75) is 76.8 Å². The van der Waals surface area contributed by atoms with E-state index in [1.165, 1.54) is 6.34 Å². The molecule has 38 heavy (non-hydrogen) atoms. The minimum absolute atomic E-state index is 0.0390. The summed E-state index contributed by atoms with van der Waals surface area (Å²) >= 11 is 0. The number of amides is 1. The average molecular weight is 546 g/mol. The molecule has 4 aliphatic heterocycles. The van der Waals surface area contributed by atoms with E-state index in [1.54, 1.807) is 8.61 Å². The van der Waals surface area contributed by atoms with E-state index in [0.29, 0.717) is 50.8 Å². The number of hydrogen-bond acceptors (Lipinski definition) is 6. The van der Waals surface area contributed by atoms with Crippen LogP contribution in [0, 0.1) is 16.7 Å². The smallest absolute Gasteiger partial charge is 0.282 e. The van der Waals surface area contributed by atoms with Gasteiger partial charge in [-0.1, -0.05) is 13.3 Å². The molecule has 11 heteroatoms. The Morgan fingerprint density at radius 1 is 0.974 bits per heavy atom. The Kier molecular flexibility index (Phi) is 6.72. The fraction of sp³-hybridized carbons (Fsp3) is 0.815. The summed E-state index contributed by atoms with van der Waals surface area (Å²) in [7, 11) is -1.29. The van der Waals surface area contributed by atoms with Crippen molar-refractivity contribution in [3.63, 3.8) is 0 Å². The molecule has 2 spiro atoms. The molecule has 6 rings (SSSR count). The number of nitrogens with two attached hydrogens (primary N) is 1. The molecule has 2 atom stereocenters. The van der Waals surface area contributed by atoms with Crippen LogP contribution in [0.2, 0.25) is 0 Å². The first kappa shape index (κ1) is 26.4. The second-order valence-electron chi connectivity index (χ2n) is 12.8. The Morgan fingerprint density at radius 2 is 1.71 bits per heavy atom. The second-order valence-corrected chi connectivity index (χ2v) is 14.7. The predicted molar refractivity (Wildman–Crippen MR) is 148 cm³/mol. The molecule has 0 aromatic rings. The van der Waals surface area contributed by atoms with Gasteiger partial charge in [-0.2, -0.15) is 17.0 Å². The Bertz CT molecular complexity index is 1150. The van der Waals surface area contributed by atoms with Gasteiger partial charge < -0.3 is 10.6 Å². The van der Waals surface area contributed by atoms with E-state index < -0.39 is 15.6 Å². The third-order valence-electron chi connectivity index (χ3n) is 10.1. The van der Waals surface area contributed by atoms with Crippen molar-refractivity contribution in [2.24, 2.45) is 32.5 Å². The molecule has 1 amide bonds. The summed E-state index contributed by atoms with van der Waals surface area (Å²) in [6.45, 7) is 6.56. The van der Waals surface area contributed by atoms with Crippen LogP contribution in [0.5, 0.6) is 0 Å². The van der Waals surface area contributed by atoms with Gasteiger partial charge in [0, 0.05) is 56.0 Å². The molecular formula is C27H43N7O3S. The largest absolute Gasteiger partial charge is 0.390 e. The van der Waals surface area contributed by atoms with E-state index >= 15 is 0 Å². The first-order valence-electron chi connectivity index (χ1n) is 14.5. The Hall–Kier alpha value is -1.82. The average Bonchev–Trinajstić information content (AvgIpc) is 3.52. The summed E-state index contributed by atoms with van der Waals surface area (Å²) in [4.78, 5) is 27.2. The number of aliphatic imine (C=N–C) groups is 2. The molecule has 0 bridgehead atoms. The summed E-state index contributed by atoms with van der Waals surface area (Å²) in [5.74, 6) is 1.29. The quantitative estimate of drug-likeness (QED) is 0.404. The summed E-state index contributed by atoms with van der Waals surface area (Å²) in [5, 5.41) is 0. The third-order valence-corrected chi connectivity index (χ3v) is 12.0. The molecule has 3 saturated heterocycles. The summed E-state index contributed by atoms with van der Waals surface area (Å²) in [6, 6.07) is 0.213. The minimum Gasteiger partial charge on any atom is -0.390 e. The predicted octanol–water partition coefficient (Wildman–Crippen LogP) is 1.80. The zero-order chi connectivity index (χ0) is 26.7. The van der Waals surface area contributed by atoms with Gasteiger partial charge in [-0.25, -0.2) is 4.99 Å². The van der Waals surface area contributed by atoms with Crippen LogP contribution in [-0.2, 0) is 15.0 Å². The molecule has 0 radical (unpaired) electrons. The lowest BCUT2D eigenvalue weighted by Crippen LogP contribution is -2.66. The molecule has 0 aromatic heterocycles. The highest BCUT2D eigenvalue weighted by Crippen LogP contribution is 2.59. The summed E-state index contributed by atoms with van der Waals surface area (Å²) in [6.07, 6.45) is 11.7. The summed E-state index contributed by atoms with van der Waals surface area (Å²) < 4.78 is 29.9. The van der Waals surface area contributed by atoms with Crippen LogP contribution in [0.3, 0.4) is 0 Å². The van der Waals surface area contributed by atoms with Crippen LogP contribution in [0.1, 0.15) is 64.7 Å². The van der Waals surface area contributed by atoms with Crippen LogP contribution in [0.25, 0.3) is 0 Å². The second kappa shape index (κ2) is 9.67. The van der Waals surface area contributed by atoms with E-state index in [2.05, 4.69) is 23.9 Å². The number of piperidine rings is 2. The number of hydrogen-bond donors (Lipinski definition) is 1. The van der Waals surface area contributed by atoms with Gasteiger partial charge >= 0.3 is 0 Å². The van der Waals surface area contributed by atoms with Crippen LogP contribution in [0.15, 0.2) is 21.4 Å². The maximum atomic E-state index is 13.6. The highest BCUT2D eigenvalue weighted by atomic mass is 32.2. The normalized spacial score (nSPS) is 33.0.